The van der Waals surface area contributed by atoms with Crippen LogP contribution in [0.1, 0.15) is 23.2 Å². The predicted molar refractivity (Wildman–Crippen MR) is 69.0 cm³/mol. The molecule has 0 radical (unpaired) electrons. The standard InChI is InChI=1S/C14H15F3N2O2/c15-14(16,17)21-11-4-2-1-3-10(11)12(20)19-8-7-18-9-13(19)5-6-13/h1-4,18H,5-9H2. The lowest BCUT2D eigenvalue weighted by atomic mass is 10.1. The predicted octanol–water partition coefficient (Wildman–Crippen LogP) is 2.16. The van der Waals surface area contributed by atoms with Crippen LogP contribution in [0, 0.1) is 0 Å². The number of ether oxygens (including phenoxy) is 1. The number of nitrogens with zero attached hydrogens (tertiary/aromatic N) is 1. The van der Waals surface area contributed by atoms with Crippen LogP contribution in [0.15, 0.2) is 24.3 Å². The lowest BCUT2D eigenvalue weighted by Crippen LogP contribution is -2.55. The van der Waals surface area contributed by atoms with E-state index < -0.39 is 18.0 Å². The molecule has 1 amide bonds. The summed E-state index contributed by atoms with van der Waals surface area (Å²) >= 11 is 0. The lowest BCUT2D eigenvalue weighted by Gasteiger charge is -2.37. The highest BCUT2D eigenvalue weighted by Crippen LogP contribution is 2.43. The van der Waals surface area contributed by atoms with Gasteiger partial charge in [-0.25, -0.2) is 0 Å². The Bertz CT molecular complexity index is 555. The quantitative estimate of drug-likeness (QED) is 0.910. The van der Waals surface area contributed by atoms with Crippen molar-refractivity contribution in [2.75, 3.05) is 19.6 Å². The number of halogens is 3. The molecule has 1 aromatic rings. The van der Waals surface area contributed by atoms with Gasteiger partial charge in [0.05, 0.1) is 11.1 Å². The highest BCUT2D eigenvalue weighted by atomic mass is 19.4. The van der Waals surface area contributed by atoms with Gasteiger partial charge in [0.25, 0.3) is 5.91 Å². The second-order valence-electron chi connectivity index (χ2n) is 5.40. The average molecular weight is 300 g/mol. The van der Waals surface area contributed by atoms with Gasteiger partial charge in [-0.2, -0.15) is 0 Å². The number of benzene rings is 1. The van der Waals surface area contributed by atoms with E-state index >= 15 is 0 Å². The van der Waals surface area contributed by atoms with Crippen molar-refractivity contribution in [3.8, 4) is 5.75 Å². The zero-order valence-electron chi connectivity index (χ0n) is 11.2. The first-order valence-corrected chi connectivity index (χ1v) is 6.79. The maximum atomic E-state index is 12.6. The molecule has 1 aliphatic heterocycles. The SMILES string of the molecule is O=C(c1ccccc1OC(F)(F)F)N1CCNCC12CC2. The molecule has 0 bridgehead atoms. The van der Waals surface area contributed by atoms with Crippen molar-refractivity contribution in [1.82, 2.24) is 10.2 Å². The summed E-state index contributed by atoms with van der Waals surface area (Å²) in [6, 6.07) is 5.50. The van der Waals surface area contributed by atoms with Crippen LogP contribution in [0.25, 0.3) is 0 Å². The monoisotopic (exact) mass is 300 g/mol. The van der Waals surface area contributed by atoms with Gasteiger partial charge in [-0.05, 0) is 25.0 Å². The van der Waals surface area contributed by atoms with Crippen LogP contribution in [0.3, 0.4) is 0 Å². The van der Waals surface area contributed by atoms with Crippen molar-refractivity contribution in [2.24, 2.45) is 0 Å². The largest absolute Gasteiger partial charge is 0.573 e. The molecule has 0 unspecified atom stereocenters. The Kier molecular flexibility index (Phi) is 3.32. The van der Waals surface area contributed by atoms with Gasteiger partial charge in [0.2, 0.25) is 0 Å². The molecule has 4 nitrogen and oxygen atoms in total. The maximum Gasteiger partial charge on any atom is 0.573 e. The average Bonchev–Trinajstić information content (AvgIpc) is 3.17. The van der Waals surface area contributed by atoms with Crippen molar-refractivity contribution < 1.29 is 22.7 Å². The maximum absolute atomic E-state index is 12.6. The molecular formula is C14H15F3N2O2. The second-order valence-corrected chi connectivity index (χ2v) is 5.40. The fourth-order valence-electron chi connectivity index (χ4n) is 2.75. The topological polar surface area (TPSA) is 41.6 Å². The van der Waals surface area contributed by atoms with Crippen LogP contribution in [0.2, 0.25) is 0 Å². The first kappa shape index (κ1) is 14.2. The summed E-state index contributed by atoms with van der Waals surface area (Å²) in [7, 11) is 0. The van der Waals surface area contributed by atoms with Crippen LogP contribution in [-0.4, -0.2) is 42.3 Å². The highest BCUT2D eigenvalue weighted by Gasteiger charge is 2.51. The molecule has 2 fully saturated rings. The molecule has 1 aliphatic carbocycles. The molecule has 7 heteroatoms. The molecule has 1 heterocycles. The van der Waals surface area contributed by atoms with Gasteiger partial charge in [-0.15, -0.1) is 13.2 Å². The molecule has 1 N–H and O–H groups in total. The van der Waals surface area contributed by atoms with Crippen molar-refractivity contribution in [2.45, 2.75) is 24.7 Å². The third-order valence-electron chi connectivity index (χ3n) is 3.95. The van der Waals surface area contributed by atoms with E-state index in [0.29, 0.717) is 19.6 Å². The summed E-state index contributed by atoms with van der Waals surface area (Å²) in [6.07, 6.45) is -3.04. The molecule has 0 atom stereocenters. The van der Waals surface area contributed by atoms with Crippen molar-refractivity contribution in [1.29, 1.82) is 0 Å². The highest BCUT2D eigenvalue weighted by molar-refractivity contribution is 5.97. The number of piperazine rings is 1. The van der Waals surface area contributed by atoms with Gasteiger partial charge >= 0.3 is 6.36 Å². The van der Waals surface area contributed by atoms with E-state index in [1.165, 1.54) is 24.3 Å². The number of alkyl halides is 3. The summed E-state index contributed by atoms with van der Waals surface area (Å²) in [6.45, 7) is 1.84. The Balaban J connectivity index is 1.88. The third kappa shape index (κ3) is 2.83. The van der Waals surface area contributed by atoms with Gasteiger partial charge < -0.3 is 15.0 Å². The smallest absolute Gasteiger partial charge is 0.405 e. The van der Waals surface area contributed by atoms with Gasteiger partial charge in [0.1, 0.15) is 5.75 Å². The Morgan fingerprint density at radius 2 is 2.00 bits per heavy atom. The lowest BCUT2D eigenvalue weighted by molar-refractivity contribution is -0.274. The molecule has 1 spiro atoms. The molecule has 21 heavy (non-hydrogen) atoms. The Hall–Kier alpha value is -1.76. The molecule has 1 aromatic carbocycles. The number of hydrogen-bond acceptors (Lipinski definition) is 3. The normalized spacial score (nSPS) is 20.4. The number of nitrogens with one attached hydrogen (secondary N) is 1. The Morgan fingerprint density at radius 3 is 2.67 bits per heavy atom. The van der Waals surface area contributed by atoms with Crippen molar-refractivity contribution in [3.05, 3.63) is 29.8 Å². The minimum atomic E-state index is -4.81. The van der Waals surface area contributed by atoms with Crippen LogP contribution in [0.5, 0.6) is 5.75 Å². The Morgan fingerprint density at radius 1 is 1.29 bits per heavy atom. The Labute approximate surface area is 119 Å². The van der Waals surface area contributed by atoms with Crippen LogP contribution >= 0.6 is 0 Å². The fourth-order valence-corrected chi connectivity index (χ4v) is 2.75. The van der Waals surface area contributed by atoms with Crippen LogP contribution < -0.4 is 10.1 Å². The number of rotatable bonds is 2. The van der Waals surface area contributed by atoms with Crippen molar-refractivity contribution >= 4 is 5.91 Å². The molecule has 3 rings (SSSR count). The van der Waals surface area contributed by atoms with E-state index in [1.807, 2.05) is 0 Å². The molecule has 0 aromatic heterocycles. The number of carbonyl (C=O) groups excluding carboxylic acids is 1. The van der Waals surface area contributed by atoms with Gasteiger partial charge in [0, 0.05) is 19.6 Å². The van der Waals surface area contributed by atoms with E-state index in [0.717, 1.165) is 12.8 Å². The second kappa shape index (κ2) is 4.91. The zero-order valence-corrected chi connectivity index (χ0v) is 11.2. The number of para-hydroxylation sites is 1. The van der Waals surface area contributed by atoms with Crippen LogP contribution in [0.4, 0.5) is 13.2 Å². The van der Waals surface area contributed by atoms with Gasteiger partial charge in [-0.3, -0.25) is 4.79 Å². The summed E-state index contributed by atoms with van der Waals surface area (Å²) in [5.41, 5.74) is -0.260. The molecule has 2 aliphatic rings. The summed E-state index contributed by atoms with van der Waals surface area (Å²) < 4.78 is 41.3. The molecule has 1 saturated heterocycles. The molecule has 114 valence electrons. The van der Waals surface area contributed by atoms with E-state index in [-0.39, 0.29) is 11.1 Å². The van der Waals surface area contributed by atoms with E-state index in [9.17, 15) is 18.0 Å². The first-order valence-electron chi connectivity index (χ1n) is 6.79. The van der Waals surface area contributed by atoms with E-state index in [2.05, 4.69) is 10.1 Å². The minimum absolute atomic E-state index is 0.0389. The van der Waals surface area contributed by atoms with Crippen molar-refractivity contribution in [3.63, 3.8) is 0 Å². The number of hydrogen-bond donors (Lipinski definition) is 1. The first-order chi connectivity index (χ1) is 9.91. The molecular weight excluding hydrogens is 285 g/mol. The zero-order chi connectivity index (χ0) is 15.1. The fraction of sp³-hybridized carbons (Fsp3) is 0.500. The summed E-state index contributed by atoms with van der Waals surface area (Å²) in [5.74, 6) is -0.835. The van der Waals surface area contributed by atoms with E-state index in [4.69, 9.17) is 0 Å². The minimum Gasteiger partial charge on any atom is -0.405 e. The summed E-state index contributed by atoms with van der Waals surface area (Å²) in [5, 5.41) is 3.22. The van der Waals surface area contributed by atoms with E-state index in [1.54, 1.807) is 4.90 Å². The third-order valence-corrected chi connectivity index (χ3v) is 3.95. The number of carbonyl (C=O) groups is 1. The number of amides is 1. The van der Waals surface area contributed by atoms with Crippen LogP contribution in [-0.2, 0) is 0 Å². The van der Waals surface area contributed by atoms with Gasteiger partial charge in [0.15, 0.2) is 0 Å². The van der Waals surface area contributed by atoms with Gasteiger partial charge in [-0.1, -0.05) is 12.1 Å². The summed E-state index contributed by atoms with van der Waals surface area (Å²) in [4.78, 5) is 14.3. The molecule has 1 saturated carbocycles.